The van der Waals surface area contributed by atoms with Gasteiger partial charge in [-0.2, -0.15) is 0 Å². The number of carbonyl (C=O) groups excluding carboxylic acids is 1. The minimum absolute atomic E-state index is 0.140. The Morgan fingerprint density at radius 3 is 2.78 bits per heavy atom. The zero-order valence-electron chi connectivity index (χ0n) is 9.87. The Kier molecular flexibility index (Phi) is 2.81. The predicted molar refractivity (Wildman–Crippen MR) is 67.6 cm³/mol. The first-order valence-corrected chi connectivity index (χ1v) is 6.04. The number of hydrogen-bond donors (Lipinski definition) is 0. The van der Waals surface area contributed by atoms with E-state index in [1.807, 2.05) is 42.5 Å². The van der Waals surface area contributed by atoms with E-state index < -0.39 is 0 Å². The smallest absolute Gasteiger partial charge is 0.166 e. The van der Waals surface area contributed by atoms with Crippen molar-refractivity contribution < 1.29 is 9.53 Å². The maximum Gasteiger partial charge on any atom is 0.166 e. The monoisotopic (exact) mass is 239 g/mol. The predicted octanol–water partition coefficient (Wildman–Crippen LogP) is 3.18. The highest BCUT2D eigenvalue weighted by atomic mass is 16.5. The van der Waals surface area contributed by atoms with E-state index in [4.69, 9.17) is 4.74 Å². The van der Waals surface area contributed by atoms with Crippen LogP contribution in [0.5, 0.6) is 5.75 Å². The molecule has 0 fully saturated rings. The summed E-state index contributed by atoms with van der Waals surface area (Å²) in [5, 5.41) is 0. The number of Topliss-reactive ketones (excluding diaryl/α,β-unsaturated/α-hetero) is 1. The third-order valence-corrected chi connectivity index (χ3v) is 3.11. The second-order valence-electron chi connectivity index (χ2n) is 4.32. The largest absolute Gasteiger partial charge is 0.483 e. The molecule has 0 saturated carbocycles. The minimum Gasteiger partial charge on any atom is -0.483 e. The molecule has 90 valence electrons. The van der Waals surface area contributed by atoms with Gasteiger partial charge in [-0.05, 0) is 30.7 Å². The van der Waals surface area contributed by atoms with E-state index in [-0.39, 0.29) is 11.9 Å². The molecule has 0 radical (unpaired) electrons. The van der Waals surface area contributed by atoms with Crippen LogP contribution in [0.1, 0.15) is 35.0 Å². The summed E-state index contributed by atoms with van der Waals surface area (Å²) in [7, 11) is 0. The summed E-state index contributed by atoms with van der Waals surface area (Å²) in [6.07, 6.45) is 2.78. The summed E-state index contributed by atoms with van der Waals surface area (Å²) >= 11 is 0. The number of rotatable bonds is 1. The molecule has 0 amide bonds. The summed E-state index contributed by atoms with van der Waals surface area (Å²) in [4.78, 5) is 16.3. The molecule has 1 aromatic heterocycles. The second kappa shape index (κ2) is 4.61. The Bertz CT molecular complexity index is 566. The van der Waals surface area contributed by atoms with Crippen LogP contribution in [-0.4, -0.2) is 10.8 Å². The average molecular weight is 239 g/mol. The number of benzene rings is 1. The van der Waals surface area contributed by atoms with E-state index in [1.54, 1.807) is 6.20 Å². The molecule has 3 heteroatoms. The van der Waals surface area contributed by atoms with Gasteiger partial charge in [0.2, 0.25) is 0 Å². The summed E-state index contributed by atoms with van der Waals surface area (Å²) in [6.45, 7) is 0. The van der Waals surface area contributed by atoms with Crippen molar-refractivity contribution in [1.29, 1.82) is 0 Å². The van der Waals surface area contributed by atoms with Gasteiger partial charge in [0.15, 0.2) is 5.78 Å². The number of ketones is 1. The van der Waals surface area contributed by atoms with Gasteiger partial charge in [0.25, 0.3) is 0 Å². The highest BCUT2D eigenvalue weighted by Gasteiger charge is 2.24. The van der Waals surface area contributed by atoms with Gasteiger partial charge in [-0.15, -0.1) is 0 Å². The Balaban J connectivity index is 1.97. The standard InChI is InChI=1S/C15H13NO2/c17-13-8-9-15(12-6-3-4-10-16-12)18-14-7-2-1-5-11(13)14/h1-7,10,15H,8-9H2. The average Bonchev–Trinajstić information content (AvgIpc) is 2.60. The quantitative estimate of drug-likeness (QED) is 0.767. The zero-order valence-corrected chi connectivity index (χ0v) is 9.87. The van der Waals surface area contributed by atoms with Crippen LogP contribution >= 0.6 is 0 Å². The van der Waals surface area contributed by atoms with E-state index in [9.17, 15) is 4.79 Å². The number of para-hydroxylation sites is 1. The lowest BCUT2D eigenvalue weighted by atomic mass is 10.0. The number of ether oxygens (including phenoxy) is 1. The topological polar surface area (TPSA) is 39.2 Å². The van der Waals surface area contributed by atoms with Gasteiger partial charge < -0.3 is 4.74 Å². The molecule has 1 unspecified atom stereocenters. The van der Waals surface area contributed by atoms with Gasteiger partial charge in [-0.25, -0.2) is 0 Å². The van der Waals surface area contributed by atoms with Crippen molar-refractivity contribution in [2.24, 2.45) is 0 Å². The number of hydrogen-bond acceptors (Lipinski definition) is 3. The number of pyridine rings is 1. The van der Waals surface area contributed by atoms with Crippen LogP contribution in [0.3, 0.4) is 0 Å². The number of carbonyl (C=O) groups is 1. The van der Waals surface area contributed by atoms with Gasteiger partial charge in [0, 0.05) is 12.6 Å². The van der Waals surface area contributed by atoms with Crippen molar-refractivity contribution in [3.05, 3.63) is 59.9 Å². The molecule has 1 aliphatic rings. The Hall–Kier alpha value is -2.16. The number of aromatic nitrogens is 1. The van der Waals surface area contributed by atoms with Crippen LogP contribution in [0, 0.1) is 0 Å². The third kappa shape index (κ3) is 1.99. The summed E-state index contributed by atoms with van der Waals surface area (Å²) in [6, 6.07) is 13.1. The van der Waals surface area contributed by atoms with Crippen LogP contribution < -0.4 is 4.74 Å². The molecular weight excluding hydrogens is 226 g/mol. The van der Waals surface area contributed by atoms with Crippen molar-refractivity contribution in [2.45, 2.75) is 18.9 Å². The van der Waals surface area contributed by atoms with Crippen LogP contribution in [-0.2, 0) is 0 Å². The van der Waals surface area contributed by atoms with E-state index in [1.165, 1.54) is 0 Å². The van der Waals surface area contributed by atoms with Gasteiger partial charge >= 0.3 is 0 Å². The SMILES string of the molecule is O=C1CCC(c2ccccn2)Oc2ccccc21. The molecule has 3 nitrogen and oxygen atoms in total. The lowest BCUT2D eigenvalue weighted by Gasteiger charge is -2.16. The lowest BCUT2D eigenvalue weighted by molar-refractivity contribution is 0.0977. The van der Waals surface area contributed by atoms with Crippen LogP contribution in [0.15, 0.2) is 48.7 Å². The van der Waals surface area contributed by atoms with Crippen molar-refractivity contribution in [1.82, 2.24) is 4.98 Å². The fourth-order valence-corrected chi connectivity index (χ4v) is 2.18. The fraction of sp³-hybridized carbons (Fsp3) is 0.200. The molecule has 18 heavy (non-hydrogen) atoms. The zero-order chi connectivity index (χ0) is 12.4. The van der Waals surface area contributed by atoms with Crippen LogP contribution in [0.4, 0.5) is 0 Å². The van der Waals surface area contributed by atoms with Crippen LogP contribution in [0.2, 0.25) is 0 Å². The van der Waals surface area contributed by atoms with E-state index in [0.717, 1.165) is 5.69 Å². The Morgan fingerprint density at radius 2 is 1.94 bits per heavy atom. The molecular formula is C15H13NO2. The normalized spacial score (nSPS) is 18.7. The van der Waals surface area contributed by atoms with Gasteiger partial charge in [0.1, 0.15) is 11.9 Å². The molecule has 0 aliphatic carbocycles. The molecule has 0 saturated heterocycles. The maximum absolute atomic E-state index is 12.0. The van der Waals surface area contributed by atoms with Gasteiger partial charge in [-0.1, -0.05) is 18.2 Å². The van der Waals surface area contributed by atoms with Crippen LogP contribution in [0.25, 0.3) is 0 Å². The fourth-order valence-electron chi connectivity index (χ4n) is 2.18. The molecule has 0 bridgehead atoms. The van der Waals surface area contributed by atoms with Crippen molar-refractivity contribution in [3.8, 4) is 5.75 Å². The first kappa shape index (κ1) is 11.0. The summed E-state index contributed by atoms with van der Waals surface area (Å²) in [5.74, 6) is 0.805. The first-order chi connectivity index (χ1) is 8.84. The molecule has 2 aromatic rings. The molecule has 1 aliphatic heterocycles. The minimum atomic E-state index is -0.140. The van der Waals surface area contributed by atoms with Crippen molar-refractivity contribution >= 4 is 5.78 Å². The Labute approximate surface area is 105 Å². The first-order valence-electron chi connectivity index (χ1n) is 6.04. The second-order valence-corrected chi connectivity index (χ2v) is 4.32. The van der Waals surface area contributed by atoms with E-state index in [2.05, 4.69) is 4.98 Å². The molecule has 0 N–H and O–H groups in total. The lowest BCUT2D eigenvalue weighted by Crippen LogP contribution is -2.08. The molecule has 1 atom stereocenters. The Morgan fingerprint density at radius 1 is 1.11 bits per heavy atom. The highest BCUT2D eigenvalue weighted by molar-refractivity contribution is 5.98. The third-order valence-electron chi connectivity index (χ3n) is 3.11. The molecule has 1 aromatic carbocycles. The summed E-state index contributed by atoms with van der Waals surface area (Å²) < 4.78 is 5.93. The maximum atomic E-state index is 12.0. The molecule has 2 heterocycles. The molecule has 3 rings (SSSR count). The van der Waals surface area contributed by atoms with E-state index in [0.29, 0.717) is 24.2 Å². The highest BCUT2D eigenvalue weighted by Crippen LogP contribution is 2.32. The summed E-state index contributed by atoms with van der Waals surface area (Å²) in [5.41, 5.74) is 1.55. The molecule has 0 spiro atoms. The number of fused-ring (bicyclic) bond motifs is 1. The van der Waals surface area contributed by atoms with Crippen molar-refractivity contribution in [3.63, 3.8) is 0 Å². The van der Waals surface area contributed by atoms with E-state index >= 15 is 0 Å². The number of nitrogens with zero attached hydrogens (tertiary/aromatic N) is 1. The van der Waals surface area contributed by atoms with Gasteiger partial charge in [-0.3, -0.25) is 9.78 Å². The van der Waals surface area contributed by atoms with Gasteiger partial charge in [0.05, 0.1) is 11.3 Å². The van der Waals surface area contributed by atoms with Crippen molar-refractivity contribution in [2.75, 3.05) is 0 Å².